The zero-order valence-electron chi connectivity index (χ0n) is 9.15. The standard InChI is InChI=1S/C11H20N2/c1-8(2)10(5)12-11(6)13(7)9(3)4/h9,12H,1,5-6H2,2-4,7H3. The Bertz CT molecular complexity index is 226. The maximum Gasteiger partial charge on any atom is 0.0983 e. The molecule has 0 aliphatic carbocycles. The summed E-state index contributed by atoms with van der Waals surface area (Å²) in [7, 11) is 1.99. The normalized spacial score (nSPS) is 9.62. The molecule has 0 fully saturated rings. The van der Waals surface area contributed by atoms with Gasteiger partial charge in [0.15, 0.2) is 0 Å². The topological polar surface area (TPSA) is 15.3 Å². The molecule has 0 radical (unpaired) electrons. The van der Waals surface area contributed by atoms with Gasteiger partial charge in [0.2, 0.25) is 0 Å². The number of allylic oxidation sites excluding steroid dienone is 1. The van der Waals surface area contributed by atoms with Crippen LogP contribution < -0.4 is 5.32 Å². The van der Waals surface area contributed by atoms with E-state index < -0.39 is 0 Å². The fourth-order valence-corrected chi connectivity index (χ4v) is 0.681. The molecule has 2 heteroatoms. The first-order valence-electron chi connectivity index (χ1n) is 4.39. The molecule has 74 valence electrons. The third-order valence-corrected chi connectivity index (χ3v) is 2.01. The average molecular weight is 180 g/mol. The number of rotatable bonds is 5. The summed E-state index contributed by atoms with van der Waals surface area (Å²) in [5.41, 5.74) is 1.75. The lowest BCUT2D eigenvalue weighted by Crippen LogP contribution is -2.32. The molecular formula is C11H20N2. The number of nitrogens with one attached hydrogen (secondary N) is 1. The van der Waals surface area contributed by atoms with Gasteiger partial charge in [0.25, 0.3) is 0 Å². The summed E-state index contributed by atoms with van der Waals surface area (Å²) in [6, 6.07) is 0.429. The van der Waals surface area contributed by atoms with E-state index in [4.69, 9.17) is 0 Å². The van der Waals surface area contributed by atoms with E-state index >= 15 is 0 Å². The lowest BCUT2D eigenvalue weighted by atomic mass is 10.2. The highest BCUT2D eigenvalue weighted by Crippen LogP contribution is 2.06. The predicted molar refractivity (Wildman–Crippen MR) is 59.1 cm³/mol. The van der Waals surface area contributed by atoms with E-state index in [0.29, 0.717) is 6.04 Å². The van der Waals surface area contributed by atoms with E-state index in [1.165, 1.54) is 0 Å². The van der Waals surface area contributed by atoms with Crippen LogP contribution in [0, 0.1) is 0 Å². The highest BCUT2D eigenvalue weighted by Gasteiger charge is 2.06. The molecule has 0 saturated carbocycles. The largest absolute Gasteiger partial charge is 0.359 e. The van der Waals surface area contributed by atoms with Crippen LogP contribution in [0.3, 0.4) is 0 Å². The van der Waals surface area contributed by atoms with Crippen LogP contribution in [-0.2, 0) is 0 Å². The van der Waals surface area contributed by atoms with Crippen LogP contribution in [0.2, 0.25) is 0 Å². The van der Waals surface area contributed by atoms with Crippen LogP contribution in [0.25, 0.3) is 0 Å². The van der Waals surface area contributed by atoms with E-state index in [1.54, 1.807) is 0 Å². The van der Waals surface area contributed by atoms with Gasteiger partial charge in [0.1, 0.15) is 0 Å². The van der Waals surface area contributed by atoms with Crippen LogP contribution in [0.4, 0.5) is 0 Å². The van der Waals surface area contributed by atoms with Gasteiger partial charge in [-0.1, -0.05) is 19.7 Å². The average Bonchev–Trinajstić information content (AvgIpc) is 2.02. The molecule has 0 aromatic carbocycles. The van der Waals surface area contributed by atoms with Crippen LogP contribution in [0.1, 0.15) is 20.8 Å². The highest BCUT2D eigenvalue weighted by atomic mass is 15.2. The summed E-state index contributed by atoms with van der Waals surface area (Å²) in [6.07, 6.45) is 0. The van der Waals surface area contributed by atoms with Crippen molar-refractivity contribution >= 4 is 0 Å². The Kier molecular flexibility index (Phi) is 4.32. The summed E-state index contributed by atoms with van der Waals surface area (Å²) in [5.74, 6) is 0.850. The second kappa shape index (κ2) is 4.75. The quantitative estimate of drug-likeness (QED) is 0.654. The van der Waals surface area contributed by atoms with Gasteiger partial charge in [0, 0.05) is 18.8 Å². The summed E-state index contributed by atoms with van der Waals surface area (Å²) < 4.78 is 0. The van der Waals surface area contributed by atoms with E-state index in [1.807, 2.05) is 18.9 Å². The smallest absolute Gasteiger partial charge is 0.0983 e. The lowest BCUT2D eigenvalue weighted by molar-refractivity contribution is 0.328. The molecular weight excluding hydrogens is 160 g/mol. The maximum atomic E-state index is 3.91. The van der Waals surface area contributed by atoms with Crippen LogP contribution in [0.15, 0.2) is 36.8 Å². The molecule has 0 heterocycles. The third-order valence-electron chi connectivity index (χ3n) is 2.01. The van der Waals surface area contributed by atoms with Crippen molar-refractivity contribution in [3.8, 4) is 0 Å². The predicted octanol–water partition coefficient (Wildman–Crippen LogP) is 2.48. The van der Waals surface area contributed by atoms with Gasteiger partial charge < -0.3 is 10.2 Å². The molecule has 0 rings (SSSR count). The zero-order chi connectivity index (χ0) is 10.6. The maximum absolute atomic E-state index is 3.91. The Labute approximate surface area is 81.6 Å². The van der Waals surface area contributed by atoms with Crippen molar-refractivity contribution in [2.75, 3.05) is 7.05 Å². The van der Waals surface area contributed by atoms with Crippen molar-refractivity contribution in [1.82, 2.24) is 10.2 Å². The van der Waals surface area contributed by atoms with E-state index in [2.05, 4.69) is 38.9 Å². The SMILES string of the molecule is C=C(C)C(=C)NC(=C)N(C)C(C)C. The number of hydrogen-bond acceptors (Lipinski definition) is 2. The van der Waals surface area contributed by atoms with Crippen LogP contribution in [-0.4, -0.2) is 18.0 Å². The van der Waals surface area contributed by atoms with E-state index in [-0.39, 0.29) is 0 Å². The van der Waals surface area contributed by atoms with Gasteiger partial charge in [-0.05, 0) is 26.3 Å². The Hall–Kier alpha value is -1.18. The molecule has 1 N–H and O–H groups in total. The Morgan fingerprint density at radius 3 is 2.00 bits per heavy atom. The molecule has 0 unspecified atom stereocenters. The molecule has 0 spiro atoms. The summed E-state index contributed by atoms with van der Waals surface area (Å²) in [6.45, 7) is 17.7. The Morgan fingerprint density at radius 2 is 1.69 bits per heavy atom. The first kappa shape index (κ1) is 11.8. The van der Waals surface area contributed by atoms with Gasteiger partial charge in [-0.3, -0.25) is 0 Å². The monoisotopic (exact) mass is 180 g/mol. The molecule has 0 bridgehead atoms. The van der Waals surface area contributed by atoms with Crippen molar-refractivity contribution in [3.05, 3.63) is 36.8 Å². The molecule has 13 heavy (non-hydrogen) atoms. The zero-order valence-corrected chi connectivity index (χ0v) is 9.15. The molecule has 0 aromatic rings. The van der Waals surface area contributed by atoms with Gasteiger partial charge in [0.05, 0.1) is 5.82 Å². The Morgan fingerprint density at radius 1 is 1.23 bits per heavy atom. The van der Waals surface area contributed by atoms with Crippen molar-refractivity contribution in [1.29, 1.82) is 0 Å². The third kappa shape index (κ3) is 3.83. The number of nitrogens with zero attached hydrogens (tertiary/aromatic N) is 1. The highest BCUT2D eigenvalue weighted by molar-refractivity contribution is 5.24. The van der Waals surface area contributed by atoms with Gasteiger partial charge >= 0.3 is 0 Å². The van der Waals surface area contributed by atoms with Gasteiger partial charge in [-0.25, -0.2) is 0 Å². The van der Waals surface area contributed by atoms with Crippen molar-refractivity contribution in [3.63, 3.8) is 0 Å². The second-order valence-corrected chi connectivity index (χ2v) is 3.54. The summed E-state index contributed by atoms with van der Waals surface area (Å²) in [4.78, 5) is 2.05. The summed E-state index contributed by atoms with van der Waals surface area (Å²) >= 11 is 0. The molecule has 0 aromatic heterocycles. The van der Waals surface area contributed by atoms with Crippen LogP contribution in [0.5, 0.6) is 0 Å². The Balaban J connectivity index is 4.16. The minimum atomic E-state index is 0.429. The fraction of sp³-hybridized carbons (Fsp3) is 0.455. The molecule has 2 nitrogen and oxygen atoms in total. The molecule has 0 atom stereocenters. The van der Waals surface area contributed by atoms with Gasteiger partial charge in [-0.15, -0.1) is 0 Å². The first-order valence-corrected chi connectivity index (χ1v) is 4.39. The molecule has 0 aliphatic heterocycles. The van der Waals surface area contributed by atoms with Crippen LogP contribution >= 0.6 is 0 Å². The molecule has 0 amide bonds. The fourth-order valence-electron chi connectivity index (χ4n) is 0.681. The minimum absolute atomic E-state index is 0.429. The lowest BCUT2D eigenvalue weighted by Gasteiger charge is -2.27. The molecule has 0 saturated heterocycles. The van der Waals surface area contributed by atoms with E-state index in [0.717, 1.165) is 17.1 Å². The second-order valence-electron chi connectivity index (χ2n) is 3.54. The van der Waals surface area contributed by atoms with E-state index in [9.17, 15) is 0 Å². The van der Waals surface area contributed by atoms with Crippen molar-refractivity contribution in [2.45, 2.75) is 26.8 Å². The molecule has 0 aliphatic rings. The number of hydrogen-bond donors (Lipinski definition) is 1. The van der Waals surface area contributed by atoms with Gasteiger partial charge in [-0.2, -0.15) is 0 Å². The summed E-state index contributed by atoms with van der Waals surface area (Å²) in [5, 5.41) is 3.10. The minimum Gasteiger partial charge on any atom is -0.359 e. The van der Waals surface area contributed by atoms with Crippen molar-refractivity contribution < 1.29 is 0 Å². The van der Waals surface area contributed by atoms with Crippen molar-refractivity contribution in [2.24, 2.45) is 0 Å². The first-order chi connectivity index (χ1) is 5.86.